The Morgan fingerprint density at radius 2 is 1.38 bits per heavy atom. The number of halogens is 3. The molecule has 2 amide bonds. The molecule has 2 heterocycles. The first kappa shape index (κ1) is 20.8. The molecule has 0 bridgehead atoms. The van der Waals surface area contributed by atoms with Gasteiger partial charge in [-0.3, -0.25) is 4.90 Å². The molecule has 0 N–H and O–H groups in total. The summed E-state index contributed by atoms with van der Waals surface area (Å²) in [6.07, 6.45) is -4.37. The molecule has 0 unspecified atom stereocenters. The van der Waals surface area contributed by atoms with Crippen LogP contribution in [0.25, 0.3) is 0 Å². The van der Waals surface area contributed by atoms with Gasteiger partial charge in [-0.1, -0.05) is 42.1 Å². The summed E-state index contributed by atoms with van der Waals surface area (Å²) in [5.41, 5.74) is 1.56. The SMILES string of the molecule is O=C(N1CCN(c2cccc(C(F)(F)F)c2)CC1)N1c2ccccc2Sc2ccccc21. The third-order valence-corrected chi connectivity index (χ3v) is 6.84. The lowest BCUT2D eigenvalue weighted by atomic mass is 10.1. The van der Waals surface area contributed by atoms with Crippen LogP contribution in [0.4, 0.5) is 35.0 Å². The van der Waals surface area contributed by atoms with Crippen molar-refractivity contribution in [1.82, 2.24) is 4.90 Å². The Kier molecular flexibility index (Phi) is 5.25. The Morgan fingerprint density at radius 3 is 1.97 bits per heavy atom. The first-order valence-corrected chi connectivity index (χ1v) is 11.1. The number of anilines is 3. The van der Waals surface area contributed by atoms with Crippen LogP contribution in [-0.2, 0) is 6.18 Å². The summed E-state index contributed by atoms with van der Waals surface area (Å²) in [7, 11) is 0. The number of benzene rings is 3. The van der Waals surface area contributed by atoms with E-state index in [1.54, 1.807) is 27.6 Å². The predicted molar refractivity (Wildman–Crippen MR) is 120 cm³/mol. The first-order chi connectivity index (χ1) is 15.4. The third kappa shape index (κ3) is 3.79. The number of para-hydroxylation sites is 2. The lowest BCUT2D eigenvalue weighted by Gasteiger charge is -2.40. The van der Waals surface area contributed by atoms with Gasteiger partial charge in [0.05, 0.1) is 16.9 Å². The molecule has 2 aliphatic heterocycles. The van der Waals surface area contributed by atoms with E-state index < -0.39 is 11.7 Å². The molecule has 0 radical (unpaired) electrons. The van der Waals surface area contributed by atoms with E-state index >= 15 is 0 Å². The van der Waals surface area contributed by atoms with Crippen molar-refractivity contribution in [1.29, 1.82) is 0 Å². The number of hydrogen-bond acceptors (Lipinski definition) is 3. The fraction of sp³-hybridized carbons (Fsp3) is 0.208. The minimum Gasteiger partial charge on any atom is -0.368 e. The van der Waals surface area contributed by atoms with Crippen LogP contribution < -0.4 is 9.80 Å². The van der Waals surface area contributed by atoms with Crippen LogP contribution in [-0.4, -0.2) is 37.1 Å². The van der Waals surface area contributed by atoms with Gasteiger partial charge in [0, 0.05) is 41.7 Å². The Morgan fingerprint density at radius 1 is 0.781 bits per heavy atom. The van der Waals surface area contributed by atoms with E-state index in [2.05, 4.69) is 0 Å². The largest absolute Gasteiger partial charge is 0.416 e. The Bertz CT molecular complexity index is 1110. The number of carbonyl (C=O) groups excluding carboxylic acids is 1. The molecular weight excluding hydrogens is 435 g/mol. The second-order valence-corrected chi connectivity index (χ2v) is 8.76. The van der Waals surface area contributed by atoms with Gasteiger partial charge in [-0.15, -0.1) is 0 Å². The van der Waals surface area contributed by atoms with Crippen molar-refractivity contribution in [2.45, 2.75) is 16.0 Å². The zero-order valence-corrected chi connectivity index (χ0v) is 17.9. The molecule has 3 aromatic carbocycles. The van der Waals surface area contributed by atoms with Crippen LogP contribution in [0.2, 0.25) is 0 Å². The molecule has 0 atom stereocenters. The molecule has 32 heavy (non-hydrogen) atoms. The van der Waals surface area contributed by atoms with Crippen LogP contribution in [0.3, 0.4) is 0 Å². The number of rotatable bonds is 1. The quantitative estimate of drug-likeness (QED) is 0.434. The van der Waals surface area contributed by atoms with E-state index in [-0.39, 0.29) is 6.03 Å². The molecule has 5 rings (SSSR count). The van der Waals surface area contributed by atoms with Crippen LogP contribution in [0.5, 0.6) is 0 Å². The fourth-order valence-corrected chi connectivity index (χ4v) is 5.14. The van der Waals surface area contributed by atoms with Gasteiger partial charge >= 0.3 is 12.2 Å². The van der Waals surface area contributed by atoms with Gasteiger partial charge in [0.1, 0.15) is 0 Å². The number of amides is 2. The van der Waals surface area contributed by atoms with Gasteiger partial charge in [0.15, 0.2) is 0 Å². The summed E-state index contributed by atoms with van der Waals surface area (Å²) < 4.78 is 39.2. The molecule has 1 fully saturated rings. The van der Waals surface area contributed by atoms with Gasteiger partial charge in [0.25, 0.3) is 0 Å². The number of nitrogens with zero attached hydrogens (tertiary/aromatic N) is 3. The highest BCUT2D eigenvalue weighted by molar-refractivity contribution is 7.99. The molecule has 8 heteroatoms. The van der Waals surface area contributed by atoms with Crippen molar-refractivity contribution in [2.24, 2.45) is 0 Å². The summed E-state index contributed by atoms with van der Waals surface area (Å²) in [6, 6.07) is 20.9. The minimum absolute atomic E-state index is 0.117. The van der Waals surface area contributed by atoms with E-state index in [1.165, 1.54) is 12.1 Å². The van der Waals surface area contributed by atoms with Crippen LogP contribution >= 0.6 is 11.8 Å². The number of urea groups is 1. The summed E-state index contributed by atoms with van der Waals surface area (Å²) in [6.45, 7) is 1.81. The minimum atomic E-state index is -4.37. The second-order valence-electron chi connectivity index (χ2n) is 7.68. The molecule has 3 aromatic rings. The molecule has 0 spiro atoms. The lowest BCUT2D eigenvalue weighted by molar-refractivity contribution is -0.137. The van der Waals surface area contributed by atoms with Gasteiger partial charge in [-0.2, -0.15) is 13.2 Å². The average Bonchev–Trinajstić information content (AvgIpc) is 2.82. The highest BCUT2D eigenvalue weighted by atomic mass is 32.2. The molecule has 4 nitrogen and oxygen atoms in total. The highest BCUT2D eigenvalue weighted by Crippen LogP contribution is 2.48. The van der Waals surface area contributed by atoms with E-state index in [1.807, 2.05) is 53.4 Å². The van der Waals surface area contributed by atoms with Crippen LogP contribution in [0.15, 0.2) is 82.6 Å². The number of piperazine rings is 1. The van der Waals surface area contributed by atoms with Crippen molar-refractivity contribution in [2.75, 3.05) is 36.0 Å². The van der Waals surface area contributed by atoms with Crippen LogP contribution in [0, 0.1) is 0 Å². The summed E-state index contributed by atoms with van der Waals surface area (Å²) in [4.78, 5) is 21.0. The number of carbonyl (C=O) groups is 1. The van der Waals surface area contributed by atoms with E-state index in [9.17, 15) is 18.0 Å². The summed E-state index contributed by atoms with van der Waals surface area (Å²) >= 11 is 1.64. The van der Waals surface area contributed by atoms with Crippen molar-refractivity contribution in [3.8, 4) is 0 Å². The summed E-state index contributed by atoms with van der Waals surface area (Å²) in [5.74, 6) is 0. The van der Waals surface area contributed by atoms with Gasteiger partial charge in [-0.25, -0.2) is 4.79 Å². The third-order valence-electron chi connectivity index (χ3n) is 5.71. The van der Waals surface area contributed by atoms with Crippen molar-refractivity contribution in [3.05, 3.63) is 78.4 Å². The predicted octanol–water partition coefficient (Wildman–Crippen LogP) is 6.25. The molecule has 1 saturated heterocycles. The van der Waals surface area contributed by atoms with E-state index in [0.717, 1.165) is 27.2 Å². The van der Waals surface area contributed by atoms with E-state index in [4.69, 9.17) is 0 Å². The second kappa shape index (κ2) is 8.09. The smallest absolute Gasteiger partial charge is 0.368 e. The zero-order valence-electron chi connectivity index (χ0n) is 17.0. The molecular formula is C24H20F3N3OS. The Hall–Kier alpha value is -3.13. The standard InChI is InChI=1S/C24H20F3N3OS/c25-24(26,27)17-6-5-7-18(16-17)28-12-14-29(15-13-28)23(31)30-19-8-1-3-10-21(19)32-22-11-4-2-9-20(22)30/h1-11,16H,12-15H2. The maximum atomic E-state index is 13.6. The molecule has 0 saturated carbocycles. The molecule has 0 aliphatic carbocycles. The first-order valence-electron chi connectivity index (χ1n) is 10.3. The monoisotopic (exact) mass is 455 g/mol. The fourth-order valence-electron chi connectivity index (χ4n) is 4.09. The maximum Gasteiger partial charge on any atom is 0.416 e. The van der Waals surface area contributed by atoms with Gasteiger partial charge < -0.3 is 9.80 Å². The van der Waals surface area contributed by atoms with Crippen molar-refractivity contribution in [3.63, 3.8) is 0 Å². The zero-order chi connectivity index (χ0) is 22.3. The van der Waals surface area contributed by atoms with Crippen LogP contribution in [0.1, 0.15) is 5.56 Å². The highest BCUT2D eigenvalue weighted by Gasteiger charge is 2.34. The number of fused-ring (bicyclic) bond motifs is 2. The lowest BCUT2D eigenvalue weighted by Crippen LogP contribution is -2.52. The normalized spacial score (nSPS) is 15.9. The average molecular weight is 456 g/mol. The number of alkyl halides is 3. The van der Waals surface area contributed by atoms with Crippen molar-refractivity contribution >= 4 is 34.9 Å². The Labute approximate surface area is 188 Å². The molecule has 164 valence electrons. The van der Waals surface area contributed by atoms with Gasteiger partial charge in [0.2, 0.25) is 0 Å². The maximum absolute atomic E-state index is 13.6. The molecule has 0 aromatic heterocycles. The Balaban J connectivity index is 1.36. The van der Waals surface area contributed by atoms with Gasteiger partial charge in [-0.05, 0) is 42.5 Å². The van der Waals surface area contributed by atoms with E-state index in [0.29, 0.717) is 31.9 Å². The number of hydrogen-bond donors (Lipinski definition) is 0. The van der Waals surface area contributed by atoms with Crippen molar-refractivity contribution < 1.29 is 18.0 Å². The topological polar surface area (TPSA) is 26.8 Å². The molecule has 2 aliphatic rings. The summed E-state index contributed by atoms with van der Waals surface area (Å²) in [5, 5.41) is 0.